The van der Waals surface area contributed by atoms with Crippen LogP contribution in [-0.4, -0.2) is 87.3 Å². The fraction of sp³-hybridized carbons (Fsp3) is 1.00. The van der Waals surface area contributed by atoms with Gasteiger partial charge in [0.1, 0.15) is 24.4 Å². The average Bonchev–Trinajstić information content (AvgIpc) is 2.38. The first-order valence-electron chi connectivity index (χ1n) is 5.72. The summed E-state index contributed by atoms with van der Waals surface area (Å²) in [6.07, 6.45) is -7.38. The molecular formula is C10H20O8. The van der Waals surface area contributed by atoms with Crippen LogP contribution >= 0.6 is 0 Å². The van der Waals surface area contributed by atoms with E-state index in [1.54, 1.807) is 0 Å². The third-order valence-electron chi connectivity index (χ3n) is 2.79. The molecule has 1 saturated heterocycles. The smallest absolute Gasteiger partial charge is 0.186 e. The van der Waals surface area contributed by atoms with Crippen molar-refractivity contribution in [2.45, 2.75) is 43.2 Å². The minimum Gasteiger partial charge on any atom is -0.394 e. The molecule has 8 heteroatoms. The monoisotopic (exact) mass is 268 g/mol. The second kappa shape index (κ2) is 7.31. The molecule has 0 aromatic carbocycles. The molecule has 0 bridgehead atoms. The molecule has 6 N–H and O–H groups in total. The third-order valence-corrected chi connectivity index (χ3v) is 2.79. The lowest BCUT2D eigenvalue weighted by Crippen LogP contribution is -2.59. The Morgan fingerprint density at radius 1 is 1.06 bits per heavy atom. The molecule has 0 aromatic rings. The number of ether oxygens (including phenoxy) is 2. The summed E-state index contributed by atoms with van der Waals surface area (Å²) in [5.41, 5.74) is 0. The van der Waals surface area contributed by atoms with Gasteiger partial charge in [-0.25, -0.2) is 0 Å². The first-order valence-corrected chi connectivity index (χ1v) is 5.72. The van der Waals surface area contributed by atoms with Crippen LogP contribution in [0.25, 0.3) is 0 Å². The average molecular weight is 268 g/mol. The van der Waals surface area contributed by atoms with Crippen LogP contribution in [0.15, 0.2) is 0 Å². The predicted octanol–water partition coefficient (Wildman–Crippen LogP) is -3.45. The first-order chi connectivity index (χ1) is 8.51. The molecule has 6 atom stereocenters. The van der Waals surface area contributed by atoms with Crippen LogP contribution in [0, 0.1) is 0 Å². The second-order valence-electron chi connectivity index (χ2n) is 4.19. The van der Waals surface area contributed by atoms with Crippen molar-refractivity contribution < 1.29 is 40.1 Å². The summed E-state index contributed by atoms with van der Waals surface area (Å²) in [6.45, 7) is -0.938. The Morgan fingerprint density at radius 2 is 1.72 bits per heavy atom. The Hall–Kier alpha value is -0.320. The molecule has 0 amide bonds. The molecule has 1 rings (SSSR count). The van der Waals surface area contributed by atoms with E-state index in [4.69, 9.17) is 24.8 Å². The van der Waals surface area contributed by atoms with E-state index >= 15 is 0 Å². The maximum absolute atomic E-state index is 9.59. The quantitative estimate of drug-likeness (QED) is 0.292. The van der Waals surface area contributed by atoms with Gasteiger partial charge in [0.25, 0.3) is 0 Å². The van der Waals surface area contributed by atoms with Crippen LogP contribution in [0.2, 0.25) is 0 Å². The lowest BCUT2D eigenvalue weighted by atomic mass is 9.99. The zero-order valence-corrected chi connectivity index (χ0v) is 9.79. The summed E-state index contributed by atoms with van der Waals surface area (Å²) in [4.78, 5) is 0. The Bertz CT molecular complexity index is 236. The normalized spacial score (nSPS) is 38.7. The van der Waals surface area contributed by atoms with Crippen molar-refractivity contribution in [2.24, 2.45) is 0 Å². The van der Waals surface area contributed by atoms with Crippen LogP contribution < -0.4 is 0 Å². The van der Waals surface area contributed by atoms with Crippen molar-refractivity contribution >= 4 is 0 Å². The molecule has 108 valence electrons. The highest BCUT2D eigenvalue weighted by Crippen LogP contribution is 2.22. The summed E-state index contributed by atoms with van der Waals surface area (Å²) in [5.74, 6) is 0. The molecule has 1 heterocycles. The number of aliphatic hydroxyl groups is 6. The highest BCUT2D eigenvalue weighted by atomic mass is 16.7. The molecule has 0 spiro atoms. The third kappa shape index (κ3) is 3.84. The zero-order valence-electron chi connectivity index (χ0n) is 9.79. The predicted molar refractivity (Wildman–Crippen MR) is 57.4 cm³/mol. The minimum atomic E-state index is -1.48. The van der Waals surface area contributed by atoms with Crippen molar-refractivity contribution in [1.29, 1.82) is 0 Å². The lowest BCUT2D eigenvalue weighted by molar-refractivity contribution is -0.301. The standard InChI is InChI=1S/C10H20O8/c11-3-5(13)1-2-17-10-9(16)8(15)7(14)6(4-12)18-10/h5-16H,1-4H2/t5-,6-,7-,8+,9-,10+/m1/s1. The van der Waals surface area contributed by atoms with Crippen molar-refractivity contribution in [3.8, 4) is 0 Å². The molecule has 0 aliphatic carbocycles. The molecule has 8 nitrogen and oxygen atoms in total. The Morgan fingerprint density at radius 3 is 2.28 bits per heavy atom. The molecule has 1 fully saturated rings. The molecule has 0 radical (unpaired) electrons. The highest BCUT2D eigenvalue weighted by molar-refractivity contribution is 4.88. The SMILES string of the molecule is OC[C@H](O)CCO[C@H]1O[C@H](CO)[C@@H](O)[C@H](O)[C@H]1O. The van der Waals surface area contributed by atoms with Crippen molar-refractivity contribution in [3.05, 3.63) is 0 Å². The fourth-order valence-corrected chi connectivity index (χ4v) is 1.62. The largest absolute Gasteiger partial charge is 0.394 e. The zero-order chi connectivity index (χ0) is 13.7. The van der Waals surface area contributed by atoms with Gasteiger partial charge >= 0.3 is 0 Å². The topological polar surface area (TPSA) is 140 Å². The Labute approximate surface area is 104 Å². The lowest BCUT2D eigenvalue weighted by Gasteiger charge is -2.39. The van der Waals surface area contributed by atoms with E-state index in [2.05, 4.69) is 0 Å². The van der Waals surface area contributed by atoms with Crippen LogP contribution in [0.4, 0.5) is 0 Å². The van der Waals surface area contributed by atoms with Crippen LogP contribution in [0.1, 0.15) is 6.42 Å². The van der Waals surface area contributed by atoms with Gasteiger partial charge in [0.05, 0.1) is 25.9 Å². The molecule has 0 saturated carbocycles. The van der Waals surface area contributed by atoms with E-state index in [1.807, 2.05) is 0 Å². The number of hydrogen-bond donors (Lipinski definition) is 6. The number of aliphatic hydroxyl groups excluding tert-OH is 6. The molecule has 0 aromatic heterocycles. The molecule has 18 heavy (non-hydrogen) atoms. The first kappa shape index (κ1) is 15.7. The van der Waals surface area contributed by atoms with Crippen LogP contribution in [-0.2, 0) is 9.47 Å². The van der Waals surface area contributed by atoms with Gasteiger partial charge in [-0.2, -0.15) is 0 Å². The summed E-state index contributed by atoms with van der Waals surface area (Å²) in [5, 5.41) is 55.2. The van der Waals surface area contributed by atoms with E-state index in [0.29, 0.717) is 0 Å². The molecule has 0 unspecified atom stereocenters. The summed E-state index contributed by atoms with van der Waals surface area (Å²) in [6, 6.07) is 0. The van der Waals surface area contributed by atoms with Crippen LogP contribution in [0.3, 0.4) is 0 Å². The molecular weight excluding hydrogens is 248 g/mol. The maximum Gasteiger partial charge on any atom is 0.186 e. The number of hydrogen-bond acceptors (Lipinski definition) is 8. The highest BCUT2D eigenvalue weighted by Gasteiger charge is 2.43. The minimum absolute atomic E-state index is 0.00951. The summed E-state index contributed by atoms with van der Waals surface area (Å²) < 4.78 is 10.2. The van der Waals surface area contributed by atoms with E-state index < -0.39 is 50.0 Å². The Kier molecular flexibility index (Phi) is 6.39. The van der Waals surface area contributed by atoms with Gasteiger partial charge < -0.3 is 40.1 Å². The van der Waals surface area contributed by atoms with Gasteiger partial charge in [0.2, 0.25) is 0 Å². The summed E-state index contributed by atoms with van der Waals surface area (Å²) in [7, 11) is 0. The van der Waals surface area contributed by atoms with Crippen molar-refractivity contribution in [2.75, 3.05) is 19.8 Å². The van der Waals surface area contributed by atoms with Gasteiger partial charge in [-0.15, -0.1) is 0 Å². The van der Waals surface area contributed by atoms with Gasteiger partial charge in [-0.05, 0) is 6.42 Å². The van der Waals surface area contributed by atoms with E-state index in [1.165, 1.54) is 0 Å². The van der Waals surface area contributed by atoms with Crippen molar-refractivity contribution in [1.82, 2.24) is 0 Å². The van der Waals surface area contributed by atoms with Crippen molar-refractivity contribution in [3.63, 3.8) is 0 Å². The van der Waals surface area contributed by atoms with Gasteiger partial charge in [0, 0.05) is 0 Å². The second-order valence-corrected chi connectivity index (χ2v) is 4.19. The van der Waals surface area contributed by atoms with E-state index in [0.717, 1.165) is 0 Å². The van der Waals surface area contributed by atoms with Crippen LogP contribution in [0.5, 0.6) is 0 Å². The van der Waals surface area contributed by atoms with E-state index in [-0.39, 0.29) is 13.0 Å². The van der Waals surface area contributed by atoms with Gasteiger partial charge in [-0.1, -0.05) is 0 Å². The number of rotatable bonds is 6. The summed E-state index contributed by atoms with van der Waals surface area (Å²) >= 11 is 0. The van der Waals surface area contributed by atoms with Gasteiger partial charge in [0.15, 0.2) is 6.29 Å². The Balaban J connectivity index is 2.44. The fourth-order valence-electron chi connectivity index (χ4n) is 1.62. The maximum atomic E-state index is 9.59. The van der Waals surface area contributed by atoms with Gasteiger partial charge in [-0.3, -0.25) is 0 Å². The van der Waals surface area contributed by atoms with E-state index in [9.17, 15) is 15.3 Å². The molecule has 1 aliphatic heterocycles. The molecule has 1 aliphatic rings.